The predicted octanol–water partition coefficient (Wildman–Crippen LogP) is 3.70. The Bertz CT molecular complexity index is 1020. The predicted molar refractivity (Wildman–Crippen MR) is 120 cm³/mol. The summed E-state index contributed by atoms with van der Waals surface area (Å²) in [5.74, 6) is 0.0515. The van der Waals surface area contributed by atoms with E-state index in [-0.39, 0.29) is 12.6 Å². The number of anilines is 1. The molecule has 2 heterocycles. The van der Waals surface area contributed by atoms with Crippen LogP contribution in [-0.2, 0) is 4.79 Å². The lowest BCUT2D eigenvalue weighted by Gasteiger charge is -2.33. The second-order valence-electron chi connectivity index (χ2n) is 7.81. The Morgan fingerprint density at radius 1 is 1.23 bits per heavy atom. The van der Waals surface area contributed by atoms with E-state index in [1.807, 2.05) is 31.2 Å². The fraction of sp³-hybridized carbons (Fsp3) is 0.333. The Balaban J connectivity index is 1.73. The SMILES string of the molecule is Cc1cc(N[C@@H](c2ccccc2)[C@@H]2CCCCN2)c2cccc(OCC(N)=O)c2n1. The van der Waals surface area contributed by atoms with E-state index in [1.165, 1.54) is 18.4 Å². The third kappa shape index (κ3) is 4.54. The van der Waals surface area contributed by atoms with Crippen molar-refractivity contribution in [2.75, 3.05) is 18.5 Å². The van der Waals surface area contributed by atoms with Gasteiger partial charge in [-0.25, -0.2) is 4.98 Å². The molecule has 4 rings (SSSR count). The van der Waals surface area contributed by atoms with E-state index >= 15 is 0 Å². The lowest BCUT2D eigenvalue weighted by molar-refractivity contribution is -0.119. The molecule has 2 aromatic carbocycles. The maximum Gasteiger partial charge on any atom is 0.255 e. The maximum atomic E-state index is 11.2. The highest BCUT2D eigenvalue weighted by Crippen LogP contribution is 2.34. The Hall–Kier alpha value is -3.12. The van der Waals surface area contributed by atoms with Gasteiger partial charge in [0.1, 0.15) is 11.3 Å². The summed E-state index contributed by atoms with van der Waals surface area (Å²) in [6.07, 6.45) is 3.57. The van der Waals surface area contributed by atoms with Gasteiger partial charge in [0.2, 0.25) is 0 Å². The fourth-order valence-electron chi connectivity index (χ4n) is 4.14. The van der Waals surface area contributed by atoms with E-state index in [4.69, 9.17) is 10.5 Å². The third-order valence-electron chi connectivity index (χ3n) is 5.52. The van der Waals surface area contributed by atoms with E-state index < -0.39 is 5.91 Å². The molecule has 3 aromatic rings. The number of aromatic nitrogens is 1. The highest BCUT2D eigenvalue weighted by atomic mass is 16.5. The van der Waals surface area contributed by atoms with Crippen molar-refractivity contribution in [2.24, 2.45) is 5.73 Å². The molecule has 30 heavy (non-hydrogen) atoms. The summed E-state index contributed by atoms with van der Waals surface area (Å²) in [5, 5.41) is 8.44. The fourth-order valence-corrected chi connectivity index (χ4v) is 4.14. The van der Waals surface area contributed by atoms with Crippen LogP contribution >= 0.6 is 0 Å². The number of nitrogens with two attached hydrogens (primary N) is 1. The highest BCUT2D eigenvalue weighted by Gasteiger charge is 2.25. The number of carbonyl (C=O) groups is 1. The second kappa shape index (κ2) is 9.13. The van der Waals surface area contributed by atoms with Crippen molar-refractivity contribution < 1.29 is 9.53 Å². The van der Waals surface area contributed by atoms with Crippen LogP contribution in [0.5, 0.6) is 5.75 Å². The largest absolute Gasteiger partial charge is 0.481 e. The summed E-state index contributed by atoms with van der Waals surface area (Å²) in [5.41, 5.74) is 9.11. The molecule has 4 N–H and O–H groups in total. The van der Waals surface area contributed by atoms with Crippen LogP contribution < -0.4 is 21.1 Å². The molecule has 0 aliphatic carbocycles. The third-order valence-corrected chi connectivity index (χ3v) is 5.52. The van der Waals surface area contributed by atoms with E-state index in [0.29, 0.717) is 11.8 Å². The summed E-state index contributed by atoms with van der Waals surface area (Å²) in [6.45, 7) is 2.83. The van der Waals surface area contributed by atoms with Crippen molar-refractivity contribution in [3.05, 3.63) is 65.9 Å². The number of piperidine rings is 1. The Labute approximate surface area is 176 Å². The first kappa shape index (κ1) is 20.2. The first-order valence-corrected chi connectivity index (χ1v) is 10.5. The average molecular weight is 405 g/mol. The van der Waals surface area contributed by atoms with Crippen molar-refractivity contribution >= 4 is 22.5 Å². The standard InChI is InChI=1S/C24H28N4O2/c1-16-14-20(18-10-7-12-21(24(18)27-16)30-15-22(25)29)28-23(17-8-3-2-4-9-17)19-11-5-6-13-26-19/h2-4,7-10,12,14,19,23,26H,5-6,11,13,15H2,1H3,(H2,25,29)(H,27,28)/t19-,23-/m0/s1. The number of fused-ring (bicyclic) bond motifs is 1. The number of para-hydroxylation sites is 1. The van der Waals surface area contributed by atoms with Crippen LogP contribution in [0.2, 0.25) is 0 Å². The van der Waals surface area contributed by atoms with Crippen molar-refractivity contribution in [3.63, 3.8) is 0 Å². The number of carbonyl (C=O) groups excluding carboxylic acids is 1. The normalized spacial score (nSPS) is 17.4. The van der Waals surface area contributed by atoms with E-state index in [1.54, 1.807) is 0 Å². The van der Waals surface area contributed by atoms with Crippen molar-refractivity contribution in [3.8, 4) is 5.75 Å². The number of amides is 1. The van der Waals surface area contributed by atoms with Gasteiger partial charge in [-0.3, -0.25) is 4.79 Å². The monoisotopic (exact) mass is 404 g/mol. The Morgan fingerprint density at radius 3 is 2.80 bits per heavy atom. The van der Waals surface area contributed by atoms with Crippen LogP contribution in [0.1, 0.15) is 36.6 Å². The first-order valence-electron chi connectivity index (χ1n) is 10.5. The molecule has 1 amide bonds. The van der Waals surface area contributed by atoms with Gasteiger partial charge in [-0.1, -0.05) is 48.9 Å². The lowest BCUT2D eigenvalue weighted by Crippen LogP contribution is -2.41. The number of nitrogens with zero attached hydrogens (tertiary/aromatic N) is 1. The lowest BCUT2D eigenvalue weighted by atomic mass is 9.92. The van der Waals surface area contributed by atoms with E-state index in [0.717, 1.165) is 35.2 Å². The molecule has 6 nitrogen and oxygen atoms in total. The van der Waals surface area contributed by atoms with Crippen LogP contribution in [0.25, 0.3) is 10.9 Å². The number of hydrogen-bond acceptors (Lipinski definition) is 5. The summed E-state index contributed by atoms with van der Waals surface area (Å²) in [6, 6.07) is 18.9. The zero-order chi connectivity index (χ0) is 20.9. The summed E-state index contributed by atoms with van der Waals surface area (Å²) < 4.78 is 5.62. The van der Waals surface area contributed by atoms with Gasteiger partial charge in [0.15, 0.2) is 6.61 Å². The minimum Gasteiger partial charge on any atom is -0.481 e. The van der Waals surface area contributed by atoms with Gasteiger partial charge in [0, 0.05) is 22.8 Å². The molecule has 1 aromatic heterocycles. The molecule has 156 valence electrons. The van der Waals surface area contributed by atoms with Crippen LogP contribution in [0, 0.1) is 6.92 Å². The Kier molecular flexibility index (Phi) is 6.14. The molecular formula is C24H28N4O2. The topological polar surface area (TPSA) is 89.3 Å². The smallest absolute Gasteiger partial charge is 0.255 e. The van der Waals surface area contributed by atoms with Crippen LogP contribution in [0.15, 0.2) is 54.6 Å². The molecule has 6 heteroatoms. The molecule has 2 atom stereocenters. The molecule has 0 radical (unpaired) electrons. The minimum atomic E-state index is -0.509. The van der Waals surface area contributed by atoms with Crippen molar-refractivity contribution in [1.82, 2.24) is 10.3 Å². The van der Waals surface area contributed by atoms with Gasteiger partial charge in [-0.05, 0) is 44.0 Å². The van der Waals surface area contributed by atoms with Gasteiger partial charge >= 0.3 is 0 Å². The maximum absolute atomic E-state index is 11.2. The van der Waals surface area contributed by atoms with Gasteiger partial charge in [0.05, 0.1) is 6.04 Å². The molecule has 0 unspecified atom stereocenters. The van der Waals surface area contributed by atoms with Crippen LogP contribution in [0.4, 0.5) is 5.69 Å². The molecule has 1 aliphatic rings. The number of primary amides is 1. The van der Waals surface area contributed by atoms with Crippen LogP contribution in [-0.4, -0.2) is 30.1 Å². The number of nitrogens with one attached hydrogen (secondary N) is 2. The highest BCUT2D eigenvalue weighted by molar-refractivity contribution is 5.95. The van der Waals surface area contributed by atoms with Gasteiger partial charge < -0.3 is 21.1 Å². The number of hydrogen-bond donors (Lipinski definition) is 3. The quantitative estimate of drug-likeness (QED) is 0.559. The number of rotatable bonds is 7. The zero-order valence-corrected chi connectivity index (χ0v) is 17.2. The van der Waals surface area contributed by atoms with Gasteiger partial charge in [-0.2, -0.15) is 0 Å². The van der Waals surface area contributed by atoms with E-state index in [9.17, 15) is 4.79 Å². The molecule has 0 saturated carbocycles. The van der Waals surface area contributed by atoms with Crippen LogP contribution in [0.3, 0.4) is 0 Å². The van der Waals surface area contributed by atoms with Gasteiger partial charge in [-0.15, -0.1) is 0 Å². The average Bonchev–Trinajstić information content (AvgIpc) is 2.77. The Morgan fingerprint density at radius 2 is 2.07 bits per heavy atom. The minimum absolute atomic E-state index is 0.131. The zero-order valence-electron chi connectivity index (χ0n) is 17.2. The molecule has 1 saturated heterocycles. The summed E-state index contributed by atoms with van der Waals surface area (Å²) >= 11 is 0. The number of pyridine rings is 1. The number of benzene rings is 2. The first-order chi connectivity index (χ1) is 14.6. The molecule has 0 spiro atoms. The molecule has 1 aliphatic heterocycles. The summed E-state index contributed by atoms with van der Waals surface area (Å²) in [4.78, 5) is 15.9. The second-order valence-corrected chi connectivity index (χ2v) is 7.81. The number of aryl methyl sites for hydroxylation is 1. The van der Waals surface area contributed by atoms with Crippen molar-refractivity contribution in [2.45, 2.75) is 38.3 Å². The van der Waals surface area contributed by atoms with E-state index in [2.05, 4.69) is 45.9 Å². The van der Waals surface area contributed by atoms with Gasteiger partial charge in [0.25, 0.3) is 5.91 Å². The van der Waals surface area contributed by atoms with Crippen molar-refractivity contribution in [1.29, 1.82) is 0 Å². The summed E-state index contributed by atoms with van der Waals surface area (Å²) in [7, 11) is 0. The molecule has 1 fully saturated rings. The molecular weight excluding hydrogens is 376 g/mol. The molecule has 0 bridgehead atoms. The number of ether oxygens (including phenoxy) is 1.